The lowest BCUT2D eigenvalue weighted by Crippen LogP contribution is -2.86. The maximum Gasteiger partial charge on any atom is 0.483 e. The van der Waals surface area contributed by atoms with Crippen molar-refractivity contribution in [2.24, 2.45) is 5.92 Å². The minimum Gasteiger partial charge on any atom is -0.481 e. The van der Waals surface area contributed by atoms with E-state index in [1.165, 1.54) is 0 Å². The third-order valence-electron chi connectivity index (χ3n) is 15.8. The first kappa shape index (κ1) is 57.9. The summed E-state index contributed by atoms with van der Waals surface area (Å²) in [4.78, 5) is 109. The molecule has 4 aliphatic heterocycles. The number of carbonyl (C=O) groups excluding carboxylic acids is 3. The van der Waals surface area contributed by atoms with Gasteiger partial charge in [0, 0.05) is 63.3 Å². The number of carbonyl (C=O) groups is 9. The van der Waals surface area contributed by atoms with Gasteiger partial charge in [0.15, 0.2) is 30.8 Å². The summed E-state index contributed by atoms with van der Waals surface area (Å²) in [5.41, 5.74) is 1.76. The highest BCUT2D eigenvalue weighted by molar-refractivity contribution is 7.80. The Morgan fingerprint density at radius 3 is 1.78 bits per heavy atom. The molecule has 4 fully saturated rings. The van der Waals surface area contributed by atoms with Gasteiger partial charge in [-0.15, -0.1) is 13.4 Å². The number of rotatable bonds is 33. The van der Waals surface area contributed by atoms with Crippen molar-refractivity contribution in [1.82, 2.24) is 21.3 Å². The van der Waals surface area contributed by atoms with Crippen LogP contribution >= 0.6 is 12.2 Å². The number of likely N-dealkylation sites (N-methyl/N-ethyl adjacent to an activating group) is 1. The van der Waals surface area contributed by atoms with Crippen molar-refractivity contribution >= 4 is 76.6 Å². The molecule has 4 saturated heterocycles. The van der Waals surface area contributed by atoms with Crippen molar-refractivity contribution in [3.05, 3.63) is 29.8 Å². The third-order valence-corrected chi connectivity index (χ3v) is 16.1. The zero-order valence-corrected chi connectivity index (χ0v) is 42.5. The van der Waals surface area contributed by atoms with E-state index in [1.54, 1.807) is 0 Å². The molecule has 1 unspecified atom stereocenters. The van der Waals surface area contributed by atoms with Crippen LogP contribution < -0.4 is 26.6 Å². The van der Waals surface area contributed by atoms with Crippen molar-refractivity contribution in [3.63, 3.8) is 0 Å². The standard InChI is InChI=1S/C48H71N9O15S/c1-2-57-26-25-55(31-42(65)66)22-21-54(30-41(63)64)23-24-56(32-43(67)68,48(54,55)57)29-36(57)27-33-12-15-35(16-13-33)52-47(73)51-19-6-3-4-9-37(58)28-34(14-17-40(61)62)44(69)49-18-7-5-10-38(45(70)71)53-46(72)50-20-8-11-39(59)60/h12-13,15-16,34,36,38H,2-11,14,17-32H2,1H3,(H7-4,49,50,51,52,53,59,60,61,62,63,64,65,66,67,68,69,70,71,72,73)/p+4/t34-,36?,38+,48-,54+,55-,56+,57-/m1/s1. The predicted octanol–water partition coefficient (Wildman–Crippen LogP) is 0.995. The summed E-state index contributed by atoms with van der Waals surface area (Å²) in [5, 5.41) is 72.6. The fourth-order valence-corrected chi connectivity index (χ4v) is 13.5. The summed E-state index contributed by atoms with van der Waals surface area (Å²) in [6.07, 6.45) is 3.03. The van der Waals surface area contributed by atoms with Crippen molar-refractivity contribution < 1.29 is 91.7 Å². The van der Waals surface area contributed by atoms with Gasteiger partial charge in [-0.05, 0) is 81.8 Å². The molecule has 0 bridgehead atoms. The van der Waals surface area contributed by atoms with Crippen LogP contribution in [0.15, 0.2) is 24.3 Å². The van der Waals surface area contributed by atoms with Crippen LogP contribution in [-0.2, 0) is 44.8 Å². The molecule has 4 aliphatic rings. The number of urea groups is 1. The first-order chi connectivity index (χ1) is 34.6. The quantitative estimate of drug-likeness (QED) is 0.0266. The molecule has 404 valence electrons. The number of nitrogens with zero attached hydrogens (tertiary/aromatic N) is 4. The van der Waals surface area contributed by atoms with E-state index in [9.17, 15) is 68.7 Å². The van der Waals surface area contributed by atoms with E-state index in [0.717, 1.165) is 11.3 Å². The van der Waals surface area contributed by atoms with Crippen LogP contribution in [-0.4, -0.2) is 217 Å². The van der Waals surface area contributed by atoms with Crippen LogP contribution in [0.25, 0.3) is 0 Å². The predicted molar refractivity (Wildman–Crippen MR) is 264 cm³/mol. The molecule has 24 nitrogen and oxygen atoms in total. The van der Waals surface area contributed by atoms with Gasteiger partial charge in [-0.25, -0.2) is 24.0 Å². The Hall–Kier alpha value is -6.02. The number of carboxylic acid groups (broad SMARTS) is 6. The van der Waals surface area contributed by atoms with Crippen LogP contribution in [0.3, 0.4) is 0 Å². The van der Waals surface area contributed by atoms with Crippen LogP contribution in [0.2, 0.25) is 0 Å². The molecule has 8 atom stereocenters. The molecule has 5 rings (SSSR count). The van der Waals surface area contributed by atoms with Gasteiger partial charge in [0.25, 0.3) is 0 Å². The Bertz CT molecular complexity index is 2210. The first-order valence-corrected chi connectivity index (χ1v) is 25.7. The van der Waals surface area contributed by atoms with Gasteiger partial charge in [-0.3, -0.25) is 19.2 Å². The lowest BCUT2D eigenvalue weighted by molar-refractivity contribution is -1.36. The van der Waals surface area contributed by atoms with Crippen molar-refractivity contribution in [3.8, 4) is 0 Å². The Balaban J connectivity index is 1.05. The number of anilines is 1. The SMILES string of the molecule is CC[N@@+]12CC[N@@+]3(CC(=O)O)CC[N@@+]4(CC(=O)O)CC[N@@+](CC(=O)O)(CC1Cc1ccc(NC(=S)NCCCCCC(=O)C[C@@H](CCC(=O)O)C(=O)NCCCC[C@H](NC(=O)NCCCC(=O)O)C(=O)O)cc1)[C@@]432. The number of unbranched alkanes of at least 4 members (excludes halogenated alkanes) is 3. The summed E-state index contributed by atoms with van der Waals surface area (Å²) >= 11 is 5.55. The zero-order valence-electron chi connectivity index (χ0n) is 41.7. The molecule has 0 radical (unpaired) electrons. The number of Topliss-reactive ketones (excluding diaryl/α,β-unsaturated/α-hetero) is 1. The minimum atomic E-state index is -1.26. The van der Waals surface area contributed by atoms with Gasteiger partial charge < -0.3 is 57.2 Å². The molecular formula is C48H75N9O15S+4. The highest BCUT2D eigenvalue weighted by Crippen LogP contribution is 2.64. The lowest BCUT2D eigenvalue weighted by Gasteiger charge is -2.50. The summed E-state index contributed by atoms with van der Waals surface area (Å²) in [7, 11) is 0. The normalized spacial score (nSPS) is 26.1. The van der Waals surface area contributed by atoms with E-state index in [1.807, 2.05) is 24.3 Å². The number of nitrogens with one attached hydrogen (secondary N) is 5. The van der Waals surface area contributed by atoms with Crippen LogP contribution in [0.5, 0.6) is 0 Å². The average molecular weight is 1050 g/mol. The molecule has 11 N–H and O–H groups in total. The number of aliphatic carboxylic acids is 6. The number of quaternary nitrogens is 4. The van der Waals surface area contributed by atoms with Gasteiger partial charge >= 0.3 is 47.8 Å². The molecule has 1 aromatic carbocycles. The Morgan fingerprint density at radius 1 is 0.630 bits per heavy atom. The summed E-state index contributed by atoms with van der Waals surface area (Å²) < 4.78 is 1.02. The first-order valence-electron chi connectivity index (χ1n) is 25.3. The number of hydrogen-bond acceptors (Lipinski definition) is 10. The molecule has 3 amide bonds. The van der Waals surface area contributed by atoms with Gasteiger partial charge in [0.1, 0.15) is 57.6 Å². The van der Waals surface area contributed by atoms with Gasteiger partial charge in [-0.1, -0.05) is 18.6 Å². The maximum atomic E-state index is 13.0. The van der Waals surface area contributed by atoms with Crippen LogP contribution in [0.4, 0.5) is 10.5 Å². The smallest absolute Gasteiger partial charge is 0.481 e. The number of carboxylic acids is 6. The Kier molecular flexibility index (Phi) is 20.0. The molecule has 73 heavy (non-hydrogen) atoms. The number of hydrogen-bond donors (Lipinski definition) is 11. The van der Waals surface area contributed by atoms with E-state index < -0.39 is 65.6 Å². The molecule has 4 heterocycles. The fraction of sp³-hybridized carbons (Fsp3) is 0.667. The highest BCUT2D eigenvalue weighted by Gasteiger charge is 3.00. The second-order valence-corrected chi connectivity index (χ2v) is 20.7. The van der Waals surface area contributed by atoms with Crippen LogP contribution in [0.1, 0.15) is 89.5 Å². The molecule has 25 heteroatoms. The molecular weight excluding hydrogens is 975 g/mol. The van der Waals surface area contributed by atoms with Gasteiger partial charge in [0.05, 0.1) is 6.54 Å². The second-order valence-electron chi connectivity index (χ2n) is 20.3. The van der Waals surface area contributed by atoms with E-state index >= 15 is 0 Å². The number of benzene rings is 1. The van der Waals surface area contributed by atoms with Crippen molar-refractivity contribution in [2.75, 3.05) is 96.9 Å². The summed E-state index contributed by atoms with van der Waals surface area (Å²) in [6, 6.07) is 5.80. The summed E-state index contributed by atoms with van der Waals surface area (Å²) in [6.45, 7) is 6.46. The second kappa shape index (κ2) is 25.3. The minimum absolute atomic E-state index is 0.0302. The molecule has 0 saturated carbocycles. The number of ketones is 1. The van der Waals surface area contributed by atoms with Crippen LogP contribution in [0, 0.1) is 5.92 Å². The average Bonchev–Trinajstić information content (AvgIpc) is 3.94. The summed E-state index contributed by atoms with van der Waals surface area (Å²) in [5.74, 6) is -8.75. The third kappa shape index (κ3) is 13.2. The van der Waals surface area contributed by atoms with Gasteiger partial charge in [0.2, 0.25) is 5.91 Å². The highest BCUT2D eigenvalue weighted by atomic mass is 32.1. The van der Waals surface area contributed by atoms with Gasteiger partial charge in [-0.2, -0.15) is 4.48 Å². The Labute approximate surface area is 429 Å². The number of amides is 3. The molecule has 1 spiro atoms. The zero-order chi connectivity index (χ0) is 53.6. The van der Waals surface area contributed by atoms with E-state index in [-0.39, 0.29) is 103 Å². The molecule has 0 aromatic heterocycles. The van der Waals surface area contributed by atoms with Crippen molar-refractivity contribution in [1.29, 1.82) is 0 Å². The number of thiocarbonyl (C=S) groups is 1. The monoisotopic (exact) mass is 1050 g/mol. The molecule has 1 aromatic rings. The van der Waals surface area contributed by atoms with Crippen molar-refractivity contribution in [2.45, 2.75) is 108 Å². The largest absolute Gasteiger partial charge is 0.483 e. The molecule has 0 aliphatic carbocycles. The van der Waals surface area contributed by atoms with E-state index in [2.05, 4.69) is 33.5 Å². The topological polar surface area (TPSA) is 335 Å². The van der Waals surface area contributed by atoms with E-state index in [4.69, 9.17) is 17.3 Å². The maximum absolute atomic E-state index is 13.0. The lowest BCUT2D eigenvalue weighted by atomic mass is 9.94. The van der Waals surface area contributed by atoms with E-state index in [0.29, 0.717) is 107 Å². The Morgan fingerprint density at radius 2 is 1.19 bits per heavy atom. The fourth-order valence-electron chi connectivity index (χ4n) is 13.2.